The minimum absolute atomic E-state index is 0.0951. The molecule has 1 aromatic heterocycles. The number of hydrogen-bond acceptors (Lipinski definition) is 4. The molecule has 0 amide bonds. The lowest BCUT2D eigenvalue weighted by Crippen LogP contribution is -2.28. The summed E-state index contributed by atoms with van der Waals surface area (Å²) in [5.74, 6) is 0. The van der Waals surface area contributed by atoms with E-state index < -0.39 is 0 Å². The van der Waals surface area contributed by atoms with Gasteiger partial charge in [-0.3, -0.25) is 0 Å². The maximum Gasteiger partial charge on any atom is 0.115 e. The van der Waals surface area contributed by atoms with Crippen LogP contribution in [0.2, 0.25) is 0 Å². The zero-order valence-corrected chi connectivity index (χ0v) is 8.16. The molecule has 72 valence electrons. The average molecular weight is 202 g/mol. The van der Waals surface area contributed by atoms with Crippen LogP contribution in [0.3, 0.4) is 0 Å². The third kappa shape index (κ3) is 3.67. The van der Waals surface area contributed by atoms with Gasteiger partial charge in [0.1, 0.15) is 6.33 Å². The first-order chi connectivity index (χ1) is 6.36. The zero-order valence-electron chi connectivity index (χ0n) is 7.40. The van der Waals surface area contributed by atoms with Crippen molar-refractivity contribution in [1.82, 2.24) is 14.8 Å². The third-order valence-corrected chi connectivity index (χ3v) is 1.93. The van der Waals surface area contributed by atoms with Crippen LogP contribution in [0.5, 0.6) is 0 Å². The van der Waals surface area contributed by atoms with Gasteiger partial charge in [0, 0.05) is 25.5 Å². The number of aromatic nitrogens is 2. The molecule has 1 heterocycles. The van der Waals surface area contributed by atoms with E-state index in [1.54, 1.807) is 19.5 Å². The summed E-state index contributed by atoms with van der Waals surface area (Å²) < 4.78 is 4.98. The number of nitrogens with one attached hydrogen (secondary N) is 1. The Hall–Kier alpha value is -0.710. The van der Waals surface area contributed by atoms with Crippen molar-refractivity contribution < 1.29 is 4.74 Å². The second kappa shape index (κ2) is 5.85. The first-order valence-electron chi connectivity index (χ1n) is 3.95. The monoisotopic (exact) mass is 201 g/mol. The maximum atomic E-state index is 5.53. The van der Waals surface area contributed by atoms with Crippen molar-refractivity contribution in [2.24, 2.45) is 0 Å². The number of rotatable bonds is 5. The lowest BCUT2D eigenvalue weighted by molar-refractivity contribution is 0.175. The topological polar surface area (TPSA) is 47.0 Å². The fourth-order valence-electron chi connectivity index (χ4n) is 1.05. The van der Waals surface area contributed by atoms with Crippen LogP contribution in [0.25, 0.3) is 0 Å². The van der Waals surface area contributed by atoms with Crippen molar-refractivity contribution in [3.63, 3.8) is 0 Å². The Kier molecular flexibility index (Phi) is 4.67. The van der Waals surface area contributed by atoms with E-state index in [0.717, 1.165) is 12.0 Å². The molecule has 0 saturated heterocycles. The molecular weight excluding hydrogens is 190 g/mol. The fraction of sp³-hybridized carbons (Fsp3) is 0.500. The molecule has 1 N–H and O–H groups in total. The van der Waals surface area contributed by atoms with Gasteiger partial charge in [-0.25, -0.2) is 14.8 Å². The Morgan fingerprint density at radius 3 is 2.77 bits per heavy atom. The van der Waals surface area contributed by atoms with Gasteiger partial charge in [-0.2, -0.15) is 0 Å². The summed E-state index contributed by atoms with van der Waals surface area (Å²) in [5, 5.41) is 0. The van der Waals surface area contributed by atoms with Crippen molar-refractivity contribution in [1.29, 1.82) is 0 Å². The number of hydrogen-bond donors (Lipinski definition) is 1. The minimum Gasteiger partial charge on any atom is -0.383 e. The highest BCUT2D eigenvalue weighted by Crippen LogP contribution is 2.00. The summed E-state index contributed by atoms with van der Waals surface area (Å²) in [6.45, 7) is 0.568. The molecule has 1 unspecified atom stereocenters. The van der Waals surface area contributed by atoms with Gasteiger partial charge < -0.3 is 4.74 Å². The van der Waals surface area contributed by atoms with Gasteiger partial charge in [-0.05, 0) is 23.8 Å². The van der Waals surface area contributed by atoms with Gasteiger partial charge in [-0.1, -0.05) is 0 Å². The zero-order chi connectivity index (χ0) is 9.52. The van der Waals surface area contributed by atoms with Crippen molar-refractivity contribution in [2.75, 3.05) is 13.7 Å². The van der Waals surface area contributed by atoms with Crippen molar-refractivity contribution in [2.45, 2.75) is 12.5 Å². The Morgan fingerprint density at radius 2 is 2.23 bits per heavy atom. The summed E-state index contributed by atoms with van der Waals surface area (Å²) in [6.07, 6.45) is 5.80. The minimum atomic E-state index is 0.0951. The standard InChI is InChI=1S/C8H12ClN3O/c1-13-5-8(12-9)2-7-3-10-6-11-4-7/h3-4,6,8,12H,2,5H2,1H3. The van der Waals surface area contributed by atoms with Crippen molar-refractivity contribution >= 4 is 11.8 Å². The molecular formula is C8H12ClN3O. The van der Waals surface area contributed by atoms with Gasteiger partial charge >= 0.3 is 0 Å². The smallest absolute Gasteiger partial charge is 0.115 e. The van der Waals surface area contributed by atoms with Crippen LogP contribution in [-0.2, 0) is 11.2 Å². The fourth-order valence-corrected chi connectivity index (χ4v) is 1.19. The van der Waals surface area contributed by atoms with Crippen LogP contribution >= 0.6 is 11.8 Å². The van der Waals surface area contributed by atoms with Gasteiger partial charge in [0.25, 0.3) is 0 Å². The predicted octanol–water partition coefficient (Wildman–Crippen LogP) is 0.778. The molecule has 0 aliphatic heterocycles. The Bertz CT molecular complexity index is 232. The van der Waals surface area contributed by atoms with Gasteiger partial charge in [0.05, 0.1) is 6.61 Å². The maximum absolute atomic E-state index is 5.53. The quantitative estimate of drug-likeness (QED) is 0.716. The average Bonchev–Trinajstić information content (AvgIpc) is 2.19. The van der Waals surface area contributed by atoms with Crippen LogP contribution < -0.4 is 4.84 Å². The summed E-state index contributed by atoms with van der Waals surface area (Å²) in [5.41, 5.74) is 1.04. The normalized spacial score (nSPS) is 12.8. The molecule has 0 spiro atoms. The first-order valence-corrected chi connectivity index (χ1v) is 4.33. The van der Waals surface area contributed by atoms with E-state index in [-0.39, 0.29) is 6.04 Å². The number of halogens is 1. The molecule has 0 bridgehead atoms. The second-order valence-corrected chi connectivity index (χ2v) is 2.93. The summed E-state index contributed by atoms with van der Waals surface area (Å²) in [6, 6.07) is 0.0951. The molecule has 5 heteroatoms. The molecule has 0 saturated carbocycles. The molecule has 1 rings (SSSR count). The predicted molar refractivity (Wildman–Crippen MR) is 50.4 cm³/mol. The highest BCUT2D eigenvalue weighted by Gasteiger charge is 2.07. The molecule has 0 fully saturated rings. The second-order valence-electron chi connectivity index (χ2n) is 2.71. The van der Waals surface area contributed by atoms with Gasteiger partial charge in [0.15, 0.2) is 0 Å². The van der Waals surface area contributed by atoms with Crippen molar-refractivity contribution in [3.05, 3.63) is 24.3 Å². The van der Waals surface area contributed by atoms with E-state index in [4.69, 9.17) is 16.5 Å². The summed E-state index contributed by atoms with van der Waals surface area (Å²) in [4.78, 5) is 10.5. The highest BCUT2D eigenvalue weighted by molar-refractivity contribution is 6.13. The molecule has 13 heavy (non-hydrogen) atoms. The van der Waals surface area contributed by atoms with Crippen LogP contribution in [-0.4, -0.2) is 29.7 Å². The number of ether oxygens (including phenoxy) is 1. The van der Waals surface area contributed by atoms with Crippen LogP contribution in [0.15, 0.2) is 18.7 Å². The van der Waals surface area contributed by atoms with Crippen LogP contribution in [0.1, 0.15) is 5.56 Å². The van der Waals surface area contributed by atoms with Crippen LogP contribution in [0.4, 0.5) is 0 Å². The van der Waals surface area contributed by atoms with E-state index in [0.29, 0.717) is 6.61 Å². The largest absolute Gasteiger partial charge is 0.383 e. The number of nitrogens with zero attached hydrogens (tertiary/aromatic N) is 2. The molecule has 1 atom stereocenters. The Morgan fingerprint density at radius 1 is 1.54 bits per heavy atom. The molecule has 0 aromatic carbocycles. The van der Waals surface area contributed by atoms with Gasteiger partial charge in [-0.15, -0.1) is 0 Å². The number of methoxy groups -OCH3 is 1. The van der Waals surface area contributed by atoms with E-state index in [1.807, 2.05) is 0 Å². The van der Waals surface area contributed by atoms with E-state index in [9.17, 15) is 0 Å². The summed E-state index contributed by atoms with van der Waals surface area (Å²) >= 11 is 5.53. The SMILES string of the molecule is COCC(Cc1cncnc1)NCl. The van der Waals surface area contributed by atoms with E-state index in [1.165, 1.54) is 6.33 Å². The van der Waals surface area contributed by atoms with Crippen molar-refractivity contribution in [3.8, 4) is 0 Å². The molecule has 4 nitrogen and oxygen atoms in total. The molecule has 0 aliphatic rings. The molecule has 0 aliphatic carbocycles. The third-order valence-electron chi connectivity index (χ3n) is 1.62. The lowest BCUT2D eigenvalue weighted by Gasteiger charge is -2.12. The Balaban J connectivity index is 2.46. The first kappa shape index (κ1) is 10.4. The molecule has 0 radical (unpaired) electrons. The van der Waals surface area contributed by atoms with E-state index in [2.05, 4.69) is 14.8 Å². The van der Waals surface area contributed by atoms with Gasteiger partial charge in [0.2, 0.25) is 0 Å². The van der Waals surface area contributed by atoms with Crippen LogP contribution in [0, 0.1) is 0 Å². The highest BCUT2D eigenvalue weighted by atomic mass is 35.5. The summed E-state index contributed by atoms with van der Waals surface area (Å²) in [7, 11) is 1.64. The Labute approximate surface area is 82.4 Å². The van der Waals surface area contributed by atoms with E-state index >= 15 is 0 Å². The lowest BCUT2D eigenvalue weighted by atomic mass is 10.1. The molecule has 1 aromatic rings.